The van der Waals surface area contributed by atoms with Crippen LogP contribution < -0.4 is 11.1 Å². The molecule has 1 rings (SSSR count). The lowest BCUT2D eigenvalue weighted by atomic mass is 10.1. The Hall–Kier alpha value is -0.780. The summed E-state index contributed by atoms with van der Waals surface area (Å²) < 4.78 is 6.10. The second kappa shape index (κ2) is 7.72. The van der Waals surface area contributed by atoms with Crippen LogP contribution >= 0.6 is 28.3 Å². The van der Waals surface area contributed by atoms with Gasteiger partial charge >= 0.3 is 6.09 Å². The van der Waals surface area contributed by atoms with Gasteiger partial charge in [0.2, 0.25) is 0 Å². The molecular formula is C13H20BrClN2O2. The van der Waals surface area contributed by atoms with E-state index in [1.807, 2.05) is 45.0 Å². The van der Waals surface area contributed by atoms with Crippen molar-refractivity contribution in [3.63, 3.8) is 0 Å². The van der Waals surface area contributed by atoms with Gasteiger partial charge in [0, 0.05) is 17.1 Å². The van der Waals surface area contributed by atoms with Crippen molar-refractivity contribution >= 4 is 34.4 Å². The third-order valence-corrected chi connectivity index (χ3v) is 2.64. The van der Waals surface area contributed by atoms with E-state index < -0.39 is 11.7 Å². The zero-order valence-corrected chi connectivity index (χ0v) is 13.7. The van der Waals surface area contributed by atoms with E-state index in [-0.39, 0.29) is 18.4 Å². The molecule has 1 aromatic rings. The predicted octanol–water partition coefficient (Wildman–Crippen LogP) is 3.40. The molecule has 1 aromatic carbocycles. The van der Waals surface area contributed by atoms with Crippen molar-refractivity contribution in [3.8, 4) is 0 Å². The molecule has 0 aliphatic heterocycles. The Labute approximate surface area is 128 Å². The van der Waals surface area contributed by atoms with Crippen molar-refractivity contribution in [1.29, 1.82) is 0 Å². The maximum Gasteiger partial charge on any atom is 0.407 e. The number of halogens is 2. The first-order chi connectivity index (χ1) is 8.28. The molecule has 6 heteroatoms. The number of benzene rings is 1. The van der Waals surface area contributed by atoms with Crippen LogP contribution in [-0.4, -0.2) is 18.2 Å². The number of nitrogens with one attached hydrogen (secondary N) is 1. The van der Waals surface area contributed by atoms with Gasteiger partial charge in [0.05, 0.1) is 0 Å². The maximum absolute atomic E-state index is 11.5. The lowest BCUT2D eigenvalue weighted by Crippen LogP contribution is -2.36. The van der Waals surface area contributed by atoms with E-state index in [1.165, 1.54) is 0 Å². The van der Waals surface area contributed by atoms with Crippen LogP contribution in [0.4, 0.5) is 4.79 Å². The van der Waals surface area contributed by atoms with Crippen LogP contribution in [0.5, 0.6) is 0 Å². The molecule has 19 heavy (non-hydrogen) atoms. The van der Waals surface area contributed by atoms with Gasteiger partial charge in [-0.05, 0) is 38.5 Å². The summed E-state index contributed by atoms with van der Waals surface area (Å²) in [6, 6.07) is 7.44. The highest BCUT2D eigenvalue weighted by Crippen LogP contribution is 2.16. The van der Waals surface area contributed by atoms with E-state index in [9.17, 15) is 4.79 Å². The Morgan fingerprint density at radius 1 is 1.47 bits per heavy atom. The Morgan fingerprint density at radius 3 is 2.63 bits per heavy atom. The zero-order chi connectivity index (χ0) is 13.8. The molecule has 0 aromatic heterocycles. The average Bonchev–Trinajstić information content (AvgIpc) is 2.23. The maximum atomic E-state index is 11.5. The molecule has 3 N–H and O–H groups in total. The summed E-state index contributed by atoms with van der Waals surface area (Å²) in [4.78, 5) is 11.5. The highest BCUT2D eigenvalue weighted by molar-refractivity contribution is 9.10. The standard InChI is InChI=1S/C13H19BrN2O2.ClH/c1-13(2,3)18-12(17)16-8-11(15)9-5-4-6-10(14)7-9;/h4-7,11H,8,15H2,1-3H3,(H,16,17);1H. The van der Waals surface area contributed by atoms with Gasteiger partial charge in [0.25, 0.3) is 0 Å². The third-order valence-electron chi connectivity index (χ3n) is 2.14. The van der Waals surface area contributed by atoms with Crippen molar-refractivity contribution in [1.82, 2.24) is 5.32 Å². The van der Waals surface area contributed by atoms with Crippen LogP contribution in [-0.2, 0) is 4.74 Å². The quantitative estimate of drug-likeness (QED) is 0.877. The summed E-state index contributed by atoms with van der Waals surface area (Å²) in [5.74, 6) is 0. The highest BCUT2D eigenvalue weighted by atomic mass is 79.9. The van der Waals surface area contributed by atoms with Gasteiger partial charge < -0.3 is 15.8 Å². The fourth-order valence-corrected chi connectivity index (χ4v) is 1.78. The van der Waals surface area contributed by atoms with Crippen LogP contribution in [0.3, 0.4) is 0 Å². The number of carbonyl (C=O) groups excluding carboxylic acids is 1. The molecule has 1 amide bonds. The van der Waals surface area contributed by atoms with Crippen LogP contribution in [0.15, 0.2) is 28.7 Å². The number of carbonyl (C=O) groups is 1. The van der Waals surface area contributed by atoms with Gasteiger partial charge in [0.15, 0.2) is 0 Å². The summed E-state index contributed by atoms with van der Waals surface area (Å²) >= 11 is 3.38. The van der Waals surface area contributed by atoms with Gasteiger partial charge in [0.1, 0.15) is 5.60 Å². The van der Waals surface area contributed by atoms with Gasteiger partial charge in [-0.15, -0.1) is 12.4 Å². The number of amides is 1. The van der Waals surface area contributed by atoms with Crippen molar-refractivity contribution < 1.29 is 9.53 Å². The number of ether oxygens (including phenoxy) is 1. The third kappa shape index (κ3) is 7.40. The number of hydrogen-bond donors (Lipinski definition) is 2. The lowest BCUT2D eigenvalue weighted by molar-refractivity contribution is 0.0524. The van der Waals surface area contributed by atoms with E-state index in [2.05, 4.69) is 21.2 Å². The van der Waals surface area contributed by atoms with Gasteiger partial charge in [-0.1, -0.05) is 28.1 Å². The van der Waals surface area contributed by atoms with Crippen molar-refractivity contribution in [2.24, 2.45) is 5.73 Å². The zero-order valence-electron chi connectivity index (χ0n) is 11.3. The number of rotatable bonds is 3. The topological polar surface area (TPSA) is 64.3 Å². The number of hydrogen-bond acceptors (Lipinski definition) is 3. The molecule has 1 atom stereocenters. The summed E-state index contributed by atoms with van der Waals surface area (Å²) in [6.45, 7) is 5.80. The fourth-order valence-electron chi connectivity index (χ4n) is 1.36. The van der Waals surface area contributed by atoms with Crippen LogP contribution in [0, 0.1) is 0 Å². The van der Waals surface area contributed by atoms with E-state index in [4.69, 9.17) is 10.5 Å². The van der Waals surface area contributed by atoms with E-state index in [0.717, 1.165) is 10.0 Å². The minimum absolute atomic E-state index is 0. The van der Waals surface area contributed by atoms with Crippen LogP contribution in [0.2, 0.25) is 0 Å². The first kappa shape index (κ1) is 18.2. The molecule has 0 radical (unpaired) electrons. The van der Waals surface area contributed by atoms with Crippen molar-refractivity contribution in [2.75, 3.05) is 6.54 Å². The second-order valence-electron chi connectivity index (χ2n) is 5.04. The lowest BCUT2D eigenvalue weighted by Gasteiger charge is -2.21. The summed E-state index contributed by atoms with van der Waals surface area (Å²) in [6.07, 6.45) is -0.451. The molecule has 0 saturated heterocycles. The van der Waals surface area contributed by atoms with E-state index in [1.54, 1.807) is 0 Å². The monoisotopic (exact) mass is 350 g/mol. The molecule has 1 unspecified atom stereocenters. The van der Waals surface area contributed by atoms with Gasteiger partial charge in [-0.3, -0.25) is 0 Å². The molecule has 0 bridgehead atoms. The fraction of sp³-hybridized carbons (Fsp3) is 0.462. The van der Waals surface area contributed by atoms with E-state index in [0.29, 0.717) is 6.54 Å². The Morgan fingerprint density at radius 2 is 2.11 bits per heavy atom. The SMILES string of the molecule is CC(C)(C)OC(=O)NCC(N)c1cccc(Br)c1.Cl. The molecule has 0 spiro atoms. The van der Waals surface area contributed by atoms with Gasteiger partial charge in [-0.2, -0.15) is 0 Å². The molecule has 0 heterocycles. The van der Waals surface area contributed by atoms with Gasteiger partial charge in [-0.25, -0.2) is 4.79 Å². The molecule has 0 aliphatic carbocycles. The summed E-state index contributed by atoms with van der Waals surface area (Å²) in [5, 5.41) is 2.66. The number of alkyl carbamates (subject to hydrolysis) is 1. The molecule has 0 saturated carbocycles. The summed E-state index contributed by atoms with van der Waals surface area (Å²) in [5.41, 5.74) is 6.45. The normalized spacial score (nSPS) is 12.3. The highest BCUT2D eigenvalue weighted by Gasteiger charge is 2.16. The number of nitrogens with two attached hydrogens (primary N) is 1. The van der Waals surface area contributed by atoms with Crippen LogP contribution in [0.25, 0.3) is 0 Å². The molecule has 108 valence electrons. The predicted molar refractivity (Wildman–Crippen MR) is 82.6 cm³/mol. The summed E-state index contributed by atoms with van der Waals surface area (Å²) in [7, 11) is 0. The largest absolute Gasteiger partial charge is 0.444 e. The molecule has 4 nitrogen and oxygen atoms in total. The second-order valence-corrected chi connectivity index (χ2v) is 5.96. The molecular weight excluding hydrogens is 332 g/mol. The average molecular weight is 352 g/mol. The Bertz CT molecular complexity index is 421. The molecule has 0 aliphatic rings. The van der Waals surface area contributed by atoms with Crippen molar-refractivity contribution in [3.05, 3.63) is 34.3 Å². The first-order valence-electron chi connectivity index (χ1n) is 5.76. The molecule has 0 fully saturated rings. The van der Waals surface area contributed by atoms with Crippen molar-refractivity contribution in [2.45, 2.75) is 32.4 Å². The Kier molecular flexibility index (Phi) is 7.41. The minimum atomic E-state index is -0.496. The first-order valence-corrected chi connectivity index (χ1v) is 6.55. The van der Waals surface area contributed by atoms with E-state index >= 15 is 0 Å². The smallest absolute Gasteiger partial charge is 0.407 e. The van der Waals surface area contributed by atoms with Crippen LogP contribution in [0.1, 0.15) is 32.4 Å². The minimum Gasteiger partial charge on any atom is -0.444 e. The Balaban J connectivity index is 0.00000324.